The minimum Gasteiger partial charge on any atom is -0.356 e. The van der Waals surface area contributed by atoms with E-state index < -0.39 is 0 Å². The molecule has 1 fully saturated rings. The van der Waals surface area contributed by atoms with Gasteiger partial charge < -0.3 is 10.2 Å². The minimum absolute atomic E-state index is 0.0798. The lowest BCUT2D eigenvalue weighted by atomic mass is 10.0. The van der Waals surface area contributed by atoms with Crippen LogP contribution >= 0.6 is 0 Å². The molecule has 0 atom stereocenters. The number of rotatable bonds is 8. The van der Waals surface area contributed by atoms with Crippen LogP contribution in [0.3, 0.4) is 0 Å². The number of hydrogen-bond acceptors (Lipinski definition) is 6. The van der Waals surface area contributed by atoms with Crippen molar-refractivity contribution in [3.05, 3.63) is 18.1 Å². The first kappa shape index (κ1) is 18.3. The van der Waals surface area contributed by atoms with Crippen LogP contribution in [0.4, 0.5) is 5.82 Å². The second-order valence-corrected chi connectivity index (χ2v) is 6.94. The second kappa shape index (κ2) is 8.26. The van der Waals surface area contributed by atoms with Gasteiger partial charge in [-0.2, -0.15) is 10.2 Å². The van der Waals surface area contributed by atoms with Crippen molar-refractivity contribution in [2.45, 2.75) is 63.6 Å². The number of carbonyl (C=O) groups excluding carboxylic acids is 1. The maximum atomic E-state index is 12.2. The molecule has 1 amide bonds. The van der Waals surface area contributed by atoms with Crippen molar-refractivity contribution in [2.24, 2.45) is 10.2 Å². The van der Waals surface area contributed by atoms with E-state index in [1.807, 2.05) is 0 Å². The Kier molecular flexibility index (Phi) is 5.82. The summed E-state index contributed by atoms with van der Waals surface area (Å²) in [5, 5.41) is 11.3. The molecular formula is C19H26N6O. The SMILES string of the molecule is C#CCCC1(CCC(=O)NC2CCN(c3cc(CC)ncn3)CC2)N=N1. The highest BCUT2D eigenvalue weighted by atomic mass is 16.1. The Bertz CT molecular complexity index is 696. The van der Waals surface area contributed by atoms with Gasteiger partial charge in [-0.1, -0.05) is 6.92 Å². The summed E-state index contributed by atoms with van der Waals surface area (Å²) in [6, 6.07) is 2.28. The van der Waals surface area contributed by atoms with Crippen LogP contribution in [0, 0.1) is 12.3 Å². The van der Waals surface area contributed by atoms with Crippen LogP contribution in [0.25, 0.3) is 0 Å². The van der Waals surface area contributed by atoms with Crippen molar-refractivity contribution < 1.29 is 4.79 Å². The Morgan fingerprint density at radius 2 is 2.12 bits per heavy atom. The summed E-state index contributed by atoms with van der Waals surface area (Å²) in [6.07, 6.45) is 12.2. The number of carbonyl (C=O) groups is 1. The summed E-state index contributed by atoms with van der Waals surface area (Å²) >= 11 is 0. The first-order chi connectivity index (χ1) is 12.6. The van der Waals surface area contributed by atoms with Gasteiger partial charge in [0, 0.05) is 56.6 Å². The molecule has 1 N–H and O–H groups in total. The maximum Gasteiger partial charge on any atom is 0.220 e. The lowest BCUT2D eigenvalue weighted by molar-refractivity contribution is -0.122. The summed E-state index contributed by atoms with van der Waals surface area (Å²) in [4.78, 5) is 23.1. The van der Waals surface area contributed by atoms with E-state index in [4.69, 9.17) is 6.42 Å². The number of nitrogens with zero attached hydrogens (tertiary/aromatic N) is 5. The average Bonchev–Trinajstić information content (AvgIpc) is 3.46. The van der Waals surface area contributed by atoms with Gasteiger partial charge in [0.05, 0.1) is 0 Å². The van der Waals surface area contributed by atoms with Crippen molar-refractivity contribution in [2.75, 3.05) is 18.0 Å². The van der Waals surface area contributed by atoms with Crippen molar-refractivity contribution in [1.82, 2.24) is 15.3 Å². The van der Waals surface area contributed by atoms with E-state index >= 15 is 0 Å². The fraction of sp³-hybridized carbons (Fsp3) is 0.632. The molecule has 0 aromatic carbocycles. The topological polar surface area (TPSA) is 82.8 Å². The van der Waals surface area contributed by atoms with Crippen molar-refractivity contribution >= 4 is 11.7 Å². The molecule has 7 nitrogen and oxygen atoms in total. The largest absolute Gasteiger partial charge is 0.356 e. The summed E-state index contributed by atoms with van der Waals surface area (Å²) in [7, 11) is 0. The lowest BCUT2D eigenvalue weighted by Crippen LogP contribution is -2.45. The number of anilines is 1. The van der Waals surface area contributed by atoms with Crippen LogP contribution < -0.4 is 10.2 Å². The van der Waals surface area contributed by atoms with Gasteiger partial charge >= 0.3 is 0 Å². The Morgan fingerprint density at radius 3 is 2.77 bits per heavy atom. The third-order valence-electron chi connectivity index (χ3n) is 5.06. The van der Waals surface area contributed by atoms with Gasteiger partial charge in [-0.3, -0.25) is 4.79 Å². The third-order valence-corrected chi connectivity index (χ3v) is 5.06. The average molecular weight is 354 g/mol. The smallest absolute Gasteiger partial charge is 0.220 e. The van der Waals surface area contributed by atoms with Gasteiger partial charge in [-0.25, -0.2) is 9.97 Å². The van der Waals surface area contributed by atoms with Crippen LogP contribution in [0.5, 0.6) is 0 Å². The van der Waals surface area contributed by atoms with E-state index in [-0.39, 0.29) is 17.6 Å². The Hall–Kier alpha value is -2.49. The molecule has 1 aromatic rings. The van der Waals surface area contributed by atoms with Crippen molar-refractivity contribution in [1.29, 1.82) is 0 Å². The zero-order chi connectivity index (χ0) is 18.4. The summed E-state index contributed by atoms with van der Waals surface area (Å²) in [5.74, 6) is 3.67. The Morgan fingerprint density at radius 1 is 1.35 bits per heavy atom. The number of amides is 1. The first-order valence-corrected chi connectivity index (χ1v) is 9.37. The summed E-state index contributed by atoms with van der Waals surface area (Å²) in [5.41, 5.74) is 0.678. The number of aromatic nitrogens is 2. The number of piperidine rings is 1. The molecule has 138 valence electrons. The number of aryl methyl sites for hydroxylation is 1. The molecule has 0 radical (unpaired) electrons. The Balaban J connectivity index is 1.40. The molecule has 1 aromatic heterocycles. The highest BCUT2D eigenvalue weighted by Crippen LogP contribution is 2.37. The molecule has 7 heteroatoms. The van der Waals surface area contributed by atoms with Gasteiger partial charge in [-0.05, 0) is 19.3 Å². The van der Waals surface area contributed by atoms with Crippen LogP contribution in [0.15, 0.2) is 22.6 Å². The molecule has 0 unspecified atom stereocenters. The number of nitrogens with one attached hydrogen (secondary N) is 1. The van der Waals surface area contributed by atoms with E-state index in [1.54, 1.807) is 6.33 Å². The van der Waals surface area contributed by atoms with Gasteiger partial charge in [0.1, 0.15) is 12.1 Å². The van der Waals surface area contributed by atoms with Gasteiger partial charge in [0.2, 0.25) is 5.91 Å². The predicted molar refractivity (Wildman–Crippen MR) is 99.7 cm³/mol. The van der Waals surface area contributed by atoms with Crippen LogP contribution in [0.1, 0.15) is 51.1 Å². The molecular weight excluding hydrogens is 328 g/mol. The molecule has 3 rings (SSSR count). The highest BCUT2D eigenvalue weighted by Gasteiger charge is 2.39. The van der Waals surface area contributed by atoms with Gasteiger partial charge in [0.15, 0.2) is 5.66 Å². The van der Waals surface area contributed by atoms with Crippen LogP contribution in [0.2, 0.25) is 0 Å². The van der Waals surface area contributed by atoms with Gasteiger partial charge in [0.25, 0.3) is 0 Å². The molecule has 1 saturated heterocycles. The Labute approximate surface area is 154 Å². The third kappa shape index (κ3) is 4.78. The van der Waals surface area contributed by atoms with Crippen molar-refractivity contribution in [3.63, 3.8) is 0 Å². The van der Waals surface area contributed by atoms with E-state index in [2.05, 4.69) is 49.3 Å². The van der Waals surface area contributed by atoms with E-state index in [0.29, 0.717) is 19.3 Å². The van der Waals surface area contributed by atoms with E-state index in [9.17, 15) is 4.79 Å². The summed E-state index contributed by atoms with van der Waals surface area (Å²) in [6.45, 7) is 3.87. The first-order valence-electron chi connectivity index (χ1n) is 9.37. The molecule has 2 aliphatic heterocycles. The zero-order valence-electron chi connectivity index (χ0n) is 15.3. The number of hydrogen-bond donors (Lipinski definition) is 1. The van der Waals surface area contributed by atoms with Crippen LogP contribution in [-0.4, -0.2) is 40.7 Å². The monoisotopic (exact) mass is 354 g/mol. The summed E-state index contributed by atoms with van der Waals surface area (Å²) < 4.78 is 0. The van der Waals surface area contributed by atoms with E-state index in [1.165, 1.54) is 0 Å². The molecule has 26 heavy (non-hydrogen) atoms. The van der Waals surface area contributed by atoms with E-state index in [0.717, 1.165) is 50.3 Å². The minimum atomic E-state index is -0.378. The standard InChI is InChI=1S/C19H26N6O/c1-3-5-9-19(23-24-19)10-6-18(26)22-16-7-11-25(12-8-16)17-13-15(4-2)20-14-21-17/h1,13-14,16H,4-12H2,2H3,(H,22,26). The molecule has 0 spiro atoms. The molecule has 2 aliphatic rings. The quantitative estimate of drug-likeness (QED) is 0.727. The molecule has 0 bridgehead atoms. The fourth-order valence-electron chi connectivity index (χ4n) is 3.29. The molecule has 0 saturated carbocycles. The van der Waals surface area contributed by atoms with Gasteiger partial charge in [-0.15, -0.1) is 12.3 Å². The lowest BCUT2D eigenvalue weighted by Gasteiger charge is -2.33. The van der Waals surface area contributed by atoms with Crippen molar-refractivity contribution in [3.8, 4) is 12.3 Å². The van der Waals surface area contributed by atoms with Crippen LogP contribution in [-0.2, 0) is 11.2 Å². The fourth-order valence-corrected chi connectivity index (χ4v) is 3.29. The predicted octanol–water partition coefficient (Wildman–Crippen LogP) is 2.48. The highest BCUT2D eigenvalue weighted by molar-refractivity contribution is 5.76. The maximum absolute atomic E-state index is 12.2. The second-order valence-electron chi connectivity index (χ2n) is 6.94. The molecule has 3 heterocycles. The normalized spacial score (nSPS) is 18.4. The number of terminal acetylenes is 1. The molecule has 0 aliphatic carbocycles. The zero-order valence-corrected chi connectivity index (χ0v) is 15.3.